The summed E-state index contributed by atoms with van der Waals surface area (Å²) >= 11 is 0. The van der Waals surface area contributed by atoms with Gasteiger partial charge in [-0.3, -0.25) is 4.79 Å². The first-order valence-electron chi connectivity index (χ1n) is 10.3. The monoisotopic (exact) mass is 415 g/mol. The largest absolute Gasteiger partial charge is 0.348 e. The molecular formula is C26H29N3O2. The van der Waals surface area contributed by atoms with Gasteiger partial charge in [0.05, 0.1) is 0 Å². The summed E-state index contributed by atoms with van der Waals surface area (Å²) in [6.07, 6.45) is 0. The summed E-state index contributed by atoms with van der Waals surface area (Å²) in [5, 5.41) is 8.50. The Hall–Kier alpha value is -3.60. The Morgan fingerprint density at radius 1 is 0.806 bits per heavy atom. The number of nitrogens with one attached hydrogen (secondary N) is 3. The molecule has 5 heteroatoms. The van der Waals surface area contributed by atoms with Gasteiger partial charge in [-0.05, 0) is 53.8 Å². The van der Waals surface area contributed by atoms with Gasteiger partial charge in [-0.25, -0.2) is 4.79 Å². The summed E-state index contributed by atoms with van der Waals surface area (Å²) in [6.45, 7) is 8.91. The number of benzene rings is 3. The zero-order chi connectivity index (χ0) is 22.4. The Morgan fingerprint density at radius 3 is 2.10 bits per heavy atom. The van der Waals surface area contributed by atoms with Gasteiger partial charge >= 0.3 is 6.03 Å². The first-order valence-corrected chi connectivity index (χ1v) is 10.3. The molecule has 0 aliphatic rings. The standard InChI is InChI=1S/C26H29N3O2/c1-18-8-10-19(11-9-18)17-27-24(30)20-6-5-7-23(16-20)29-25(31)28-22-14-12-21(13-15-22)26(2,3)4/h5-16H,17H2,1-4H3,(H,27,30)(H2,28,29,31). The lowest BCUT2D eigenvalue weighted by Gasteiger charge is -2.19. The summed E-state index contributed by atoms with van der Waals surface area (Å²) in [6, 6.07) is 22.3. The van der Waals surface area contributed by atoms with Crippen molar-refractivity contribution in [3.8, 4) is 0 Å². The lowest BCUT2D eigenvalue weighted by atomic mass is 9.87. The zero-order valence-corrected chi connectivity index (χ0v) is 18.5. The number of carbonyl (C=O) groups excluding carboxylic acids is 2. The summed E-state index contributed by atoms with van der Waals surface area (Å²) in [5.74, 6) is -0.192. The molecule has 160 valence electrons. The van der Waals surface area contributed by atoms with E-state index < -0.39 is 0 Å². The number of hydrogen-bond acceptors (Lipinski definition) is 2. The molecule has 3 aromatic carbocycles. The van der Waals surface area contributed by atoms with Gasteiger partial charge in [0.2, 0.25) is 0 Å². The zero-order valence-electron chi connectivity index (χ0n) is 18.5. The van der Waals surface area contributed by atoms with Crippen LogP contribution in [0.4, 0.5) is 16.2 Å². The number of hydrogen-bond donors (Lipinski definition) is 3. The fourth-order valence-corrected chi connectivity index (χ4v) is 3.08. The van der Waals surface area contributed by atoms with Gasteiger partial charge in [-0.15, -0.1) is 0 Å². The molecule has 0 bridgehead atoms. The third-order valence-electron chi connectivity index (χ3n) is 4.97. The minimum atomic E-state index is -0.360. The van der Waals surface area contributed by atoms with Crippen LogP contribution >= 0.6 is 0 Å². The molecule has 3 N–H and O–H groups in total. The number of urea groups is 1. The van der Waals surface area contributed by atoms with Crippen LogP contribution in [0.5, 0.6) is 0 Å². The molecule has 0 fully saturated rings. The Labute approximate surface area is 183 Å². The fourth-order valence-electron chi connectivity index (χ4n) is 3.08. The van der Waals surface area contributed by atoms with Crippen molar-refractivity contribution in [1.82, 2.24) is 5.32 Å². The maximum absolute atomic E-state index is 12.5. The summed E-state index contributed by atoms with van der Waals surface area (Å²) < 4.78 is 0. The average Bonchev–Trinajstić information content (AvgIpc) is 2.73. The number of rotatable bonds is 5. The molecular weight excluding hydrogens is 386 g/mol. The van der Waals surface area contributed by atoms with E-state index in [1.54, 1.807) is 24.3 Å². The average molecular weight is 416 g/mol. The van der Waals surface area contributed by atoms with E-state index in [2.05, 4.69) is 36.7 Å². The first kappa shape index (κ1) is 22.1. The predicted octanol–water partition coefficient (Wildman–Crippen LogP) is 5.87. The van der Waals surface area contributed by atoms with Crippen LogP contribution in [-0.4, -0.2) is 11.9 Å². The van der Waals surface area contributed by atoms with Crippen LogP contribution in [0.3, 0.4) is 0 Å². The van der Waals surface area contributed by atoms with Crippen molar-refractivity contribution < 1.29 is 9.59 Å². The van der Waals surface area contributed by atoms with E-state index in [1.807, 2.05) is 55.5 Å². The maximum atomic E-state index is 12.5. The molecule has 5 nitrogen and oxygen atoms in total. The second kappa shape index (κ2) is 9.47. The lowest BCUT2D eigenvalue weighted by molar-refractivity contribution is 0.0951. The smallest absolute Gasteiger partial charge is 0.323 e. The van der Waals surface area contributed by atoms with Crippen LogP contribution in [0.1, 0.15) is 47.8 Å². The molecule has 0 spiro atoms. The van der Waals surface area contributed by atoms with E-state index in [-0.39, 0.29) is 17.4 Å². The van der Waals surface area contributed by atoms with Crippen molar-refractivity contribution in [2.45, 2.75) is 39.7 Å². The van der Waals surface area contributed by atoms with Gasteiger partial charge in [-0.2, -0.15) is 0 Å². The molecule has 0 heterocycles. The van der Waals surface area contributed by atoms with Crippen molar-refractivity contribution in [3.63, 3.8) is 0 Å². The highest BCUT2D eigenvalue weighted by atomic mass is 16.2. The van der Waals surface area contributed by atoms with Crippen molar-refractivity contribution in [2.75, 3.05) is 10.6 Å². The summed E-state index contributed by atoms with van der Waals surface area (Å²) in [4.78, 5) is 24.8. The van der Waals surface area contributed by atoms with Gasteiger partial charge in [0.1, 0.15) is 0 Å². The highest BCUT2D eigenvalue weighted by Gasteiger charge is 2.13. The molecule has 3 rings (SSSR count). The van der Waals surface area contributed by atoms with E-state index >= 15 is 0 Å². The van der Waals surface area contributed by atoms with Crippen LogP contribution in [0, 0.1) is 6.92 Å². The number of amides is 3. The predicted molar refractivity (Wildman–Crippen MR) is 127 cm³/mol. The highest BCUT2D eigenvalue weighted by molar-refractivity contribution is 6.01. The summed E-state index contributed by atoms with van der Waals surface area (Å²) in [7, 11) is 0. The van der Waals surface area contributed by atoms with Gasteiger partial charge < -0.3 is 16.0 Å². The van der Waals surface area contributed by atoms with Crippen LogP contribution < -0.4 is 16.0 Å². The minimum Gasteiger partial charge on any atom is -0.348 e. The van der Waals surface area contributed by atoms with E-state index in [9.17, 15) is 9.59 Å². The molecule has 31 heavy (non-hydrogen) atoms. The van der Waals surface area contributed by atoms with E-state index in [4.69, 9.17) is 0 Å². The Balaban J connectivity index is 1.57. The molecule has 0 atom stereocenters. The van der Waals surface area contributed by atoms with Gasteiger partial charge in [0, 0.05) is 23.5 Å². The molecule has 0 aromatic heterocycles. The Morgan fingerprint density at radius 2 is 1.45 bits per heavy atom. The topological polar surface area (TPSA) is 70.2 Å². The van der Waals surface area contributed by atoms with E-state index in [0.29, 0.717) is 23.5 Å². The number of anilines is 2. The molecule has 0 aliphatic heterocycles. The fraction of sp³-hybridized carbons (Fsp3) is 0.231. The second-order valence-electron chi connectivity index (χ2n) is 8.66. The summed E-state index contributed by atoms with van der Waals surface area (Å²) in [5.41, 5.74) is 5.20. The molecule has 0 saturated heterocycles. The van der Waals surface area contributed by atoms with Crippen molar-refractivity contribution in [1.29, 1.82) is 0 Å². The van der Waals surface area contributed by atoms with Gasteiger partial charge in [0.15, 0.2) is 0 Å². The Kier molecular flexibility index (Phi) is 6.75. The normalized spacial score (nSPS) is 11.0. The number of carbonyl (C=O) groups is 2. The van der Waals surface area contributed by atoms with Crippen LogP contribution in [0.25, 0.3) is 0 Å². The van der Waals surface area contributed by atoms with Crippen molar-refractivity contribution in [2.24, 2.45) is 0 Å². The van der Waals surface area contributed by atoms with Crippen molar-refractivity contribution in [3.05, 3.63) is 95.1 Å². The molecule has 3 amide bonds. The SMILES string of the molecule is Cc1ccc(CNC(=O)c2cccc(NC(=O)Nc3ccc(C(C)(C)C)cc3)c2)cc1. The van der Waals surface area contributed by atoms with Gasteiger partial charge in [-0.1, -0.05) is 68.8 Å². The molecule has 0 saturated carbocycles. The minimum absolute atomic E-state index is 0.0568. The van der Waals surface area contributed by atoms with E-state index in [1.165, 1.54) is 11.1 Å². The van der Waals surface area contributed by atoms with Crippen LogP contribution in [0.15, 0.2) is 72.8 Å². The Bertz CT molecular complexity index is 1050. The van der Waals surface area contributed by atoms with Crippen LogP contribution in [0.2, 0.25) is 0 Å². The second-order valence-corrected chi connectivity index (χ2v) is 8.66. The van der Waals surface area contributed by atoms with Crippen LogP contribution in [-0.2, 0) is 12.0 Å². The van der Waals surface area contributed by atoms with E-state index in [0.717, 1.165) is 5.56 Å². The maximum Gasteiger partial charge on any atom is 0.323 e. The highest BCUT2D eigenvalue weighted by Crippen LogP contribution is 2.23. The number of aryl methyl sites for hydroxylation is 1. The quantitative estimate of drug-likeness (QED) is 0.488. The van der Waals surface area contributed by atoms with Crippen molar-refractivity contribution >= 4 is 23.3 Å². The lowest BCUT2D eigenvalue weighted by Crippen LogP contribution is -2.23. The molecule has 0 radical (unpaired) electrons. The van der Waals surface area contributed by atoms with Gasteiger partial charge in [0.25, 0.3) is 5.91 Å². The third kappa shape index (κ3) is 6.44. The third-order valence-corrected chi connectivity index (χ3v) is 4.97. The first-order chi connectivity index (χ1) is 14.7. The molecule has 3 aromatic rings. The molecule has 0 aliphatic carbocycles. The molecule has 0 unspecified atom stereocenters.